The van der Waals surface area contributed by atoms with Gasteiger partial charge >= 0.3 is 0 Å². The SMILES string of the molecule is CNC(=O)[C@H](C)N(Cc1ccc(F)cc1)C(=O)COc1ccccc1OC. The Morgan fingerprint density at radius 2 is 1.74 bits per heavy atom. The van der Waals surface area contributed by atoms with Gasteiger partial charge in [0, 0.05) is 13.6 Å². The van der Waals surface area contributed by atoms with Crippen LogP contribution in [0.15, 0.2) is 48.5 Å². The number of halogens is 1. The maximum atomic E-state index is 13.1. The van der Waals surface area contributed by atoms with Crippen LogP contribution in [-0.4, -0.2) is 43.5 Å². The lowest BCUT2D eigenvalue weighted by molar-refractivity contribution is -0.142. The van der Waals surface area contributed by atoms with Crippen molar-refractivity contribution in [3.8, 4) is 11.5 Å². The van der Waals surface area contributed by atoms with E-state index in [0.717, 1.165) is 0 Å². The van der Waals surface area contributed by atoms with E-state index in [4.69, 9.17) is 9.47 Å². The van der Waals surface area contributed by atoms with Gasteiger partial charge < -0.3 is 19.7 Å². The summed E-state index contributed by atoms with van der Waals surface area (Å²) in [5.41, 5.74) is 0.706. The molecule has 0 radical (unpaired) electrons. The highest BCUT2D eigenvalue weighted by Gasteiger charge is 2.26. The van der Waals surface area contributed by atoms with Gasteiger partial charge in [-0.15, -0.1) is 0 Å². The van der Waals surface area contributed by atoms with Gasteiger partial charge in [-0.3, -0.25) is 9.59 Å². The molecule has 6 nitrogen and oxygen atoms in total. The Balaban J connectivity index is 2.14. The van der Waals surface area contributed by atoms with Gasteiger partial charge in [-0.25, -0.2) is 4.39 Å². The largest absolute Gasteiger partial charge is 0.493 e. The minimum absolute atomic E-state index is 0.156. The normalized spacial score (nSPS) is 11.4. The van der Waals surface area contributed by atoms with E-state index in [1.54, 1.807) is 43.3 Å². The molecule has 27 heavy (non-hydrogen) atoms. The quantitative estimate of drug-likeness (QED) is 0.770. The Labute approximate surface area is 157 Å². The van der Waals surface area contributed by atoms with E-state index in [1.165, 1.54) is 31.2 Å². The van der Waals surface area contributed by atoms with E-state index in [2.05, 4.69) is 5.32 Å². The number of rotatable bonds is 8. The second kappa shape index (κ2) is 9.56. The number of nitrogens with zero attached hydrogens (tertiary/aromatic N) is 1. The topological polar surface area (TPSA) is 67.9 Å². The summed E-state index contributed by atoms with van der Waals surface area (Å²) in [7, 11) is 3.02. The molecule has 0 spiro atoms. The summed E-state index contributed by atoms with van der Waals surface area (Å²) < 4.78 is 23.9. The second-order valence-corrected chi connectivity index (χ2v) is 5.88. The first-order valence-corrected chi connectivity index (χ1v) is 8.47. The smallest absolute Gasteiger partial charge is 0.261 e. The number of amides is 2. The van der Waals surface area contributed by atoms with Crippen LogP contribution in [0.4, 0.5) is 4.39 Å². The molecule has 144 valence electrons. The molecule has 2 aromatic rings. The molecule has 0 heterocycles. The van der Waals surface area contributed by atoms with E-state index in [1.807, 2.05) is 0 Å². The van der Waals surface area contributed by atoms with Crippen molar-refractivity contribution >= 4 is 11.8 Å². The summed E-state index contributed by atoms with van der Waals surface area (Å²) in [6.07, 6.45) is 0. The summed E-state index contributed by atoms with van der Waals surface area (Å²) in [4.78, 5) is 26.2. The molecular formula is C20H23FN2O4. The molecule has 2 rings (SSSR count). The molecule has 0 bridgehead atoms. The van der Waals surface area contributed by atoms with Crippen LogP contribution in [-0.2, 0) is 16.1 Å². The molecule has 1 atom stereocenters. The highest BCUT2D eigenvalue weighted by Crippen LogP contribution is 2.25. The first kappa shape index (κ1) is 20.2. The lowest BCUT2D eigenvalue weighted by atomic mass is 10.1. The number of likely N-dealkylation sites (N-methyl/N-ethyl adjacent to an activating group) is 1. The van der Waals surface area contributed by atoms with Gasteiger partial charge in [-0.2, -0.15) is 0 Å². The summed E-state index contributed by atoms with van der Waals surface area (Å²) in [5, 5.41) is 2.53. The summed E-state index contributed by atoms with van der Waals surface area (Å²) in [6, 6.07) is 12.0. The number of carbonyl (C=O) groups is 2. The van der Waals surface area contributed by atoms with Crippen molar-refractivity contribution < 1.29 is 23.5 Å². The van der Waals surface area contributed by atoms with E-state index in [-0.39, 0.29) is 30.8 Å². The van der Waals surface area contributed by atoms with Crippen LogP contribution >= 0.6 is 0 Å². The Morgan fingerprint density at radius 1 is 1.11 bits per heavy atom. The monoisotopic (exact) mass is 374 g/mol. The molecule has 2 amide bonds. The molecule has 0 aromatic heterocycles. The first-order chi connectivity index (χ1) is 13.0. The van der Waals surface area contributed by atoms with Gasteiger partial charge in [0.1, 0.15) is 11.9 Å². The average molecular weight is 374 g/mol. The minimum Gasteiger partial charge on any atom is -0.493 e. The molecule has 0 aliphatic heterocycles. The number of para-hydroxylation sites is 2. The fourth-order valence-corrected chi connectivity index (χ4v) is 2.54. The summed E-state index contributed by atoms with van der Waals surface area (Å²) in [6.45, 7) is 1.52. The fraction of sp³-hybridized carbons (Fsp3) is 0.300. The molecule has 0 unspecified atom stereocenters. The van der Waals surface area contributed by atoms with Crippen LogP contribution in [0.5, 0.6) is 11.5 Å². The van der Waals surface area contributed by atoms with Crippen LogP contribution in [0.25, 0.3) is 0 Å². The Kier molecular flexibility index (Phi) is 7.16. The number of hydrogen-bond donors (Lipinski definition) is 1. The fourth-order valence-electron chi connectivity index (χ4n) is 2.54. The standard InChI is InChI=1S/C20H23FN2O4/c1-14(20(25)22-2)23(12-15-8-10-16(21)11-9-15)19(24)13-27-18-7-5-4-6-17(18)26-3/h4-11,14H,12-13H2,1-3H3,(H,22,25)/t14-/m0/s1. The van der Waals surface area contributed by atoms with Crippen LogP contribution < -0.4 is 14.8 Å². The van der Waals surface area contributed by atoms with Crippen LogP contribution in [0.3, 0.4) is 0 Å². The number of carbonyl (C=O) groups excluding carboxylic acids is 2. The lowest BCUT2D eigenvalue weighted by Crippen LogP contribution is -2.48. The molecule has 0 fully saturated rings. The van der Waals surface area contributed by atoms with Crippen molar-refractivity contribution in [3.05, 3.63) is 59.9 Å². The van der Waals surface area contributed by atoms with Crippen LogP contribution in [0, 0.1) is 5.82 Å². The Morgan fingerprint density at radius 3 is 2.33 bits per heavy atom. The van der Waals surface area contributed by atoms with Gasteiger partial charge in [0.15, 0.2) is 18.1 Å². The Hall–Kier alpha value is -3.09. The third-order valence-electron chi connectivity index (χ3n) is 4.10. The third kappa shape index (κ3) is 5.44. The van der Waals surface area contributed by atoms with Crippen molar-refractivity contribution in [1.82, 2.24) is 10.2 Å². The van der Waals surface area contributed by atoms with Gasteiger partial charge in [0.05, 0.1) is 7.11 Å². The Bertz CT molecular complexity index is 780. The van der Waals surface area contributed by atoms with Crippen molar-refractivity contribution in [2.75, 3.05) is 20.8 Å². The predicted octanol–water partition coefficient (Wildman–Crippen LogP) is 2.38. The molecule has 0 aliphatic carbocycles. The molecule has 0 saturated heterocycles. The van der Waals surface area contributed by atoms with Gasteiger partial charge in [-0.1, -0.05) is 24.3 Å². The average Bonchev–Trinajstić information content (AvgIpc) is 2.70. The van der Waals surface area contributed by atoms with E-state index >= 15 is 0 Å². The van der Waals surface area contributed by atoms with E-state index < -0.39 is 6.04 Å². The third-order valence-corrected chi connectivity index (χ3v) is 4.10. The molecule has 2 aromatic carbocycles. The van der Waals surface area contributed by atoms with Crippen molar-refractivity contribution in [1.29, 1.82) is 0 Å². The number of nitrogens with one attached hydrogen (secondary N) is 1. The predicted molar refractivity (Wildman–Crippen MR) is 99.0 cm³/mol. The number of hydrogen-bond acceptors (Lipinski definition) is 4. The summed E-state index contributed by atoms with van der Waals surface area (Å²) in [5.74, 6) is -0.100. The van der Waals surface area contributed by atoms with Crippen LogP contribution in [0.1, 0.15) is 12.5 Å². The van der Waals surface area contributed by atoms with Gasteiger partial charge in [0.2, 0.25) is 5.91 Å². The van der Waals surface area contributed by atoms with E-state index in [0.29, 0.717) is 17.1 Å². The lowest BCUT2D eigenvalue weighted by Gasteiger charge is -2.28. The van der Waals surface area contributed by atoms with Crippen molar-refractivity contribution in [2.45, 2.75) is 19.5 Å². The second-order valence-electron chi connectivity index (χ2n) is 5.88. The highest BCUT2D eigenvalue weighted by atomic mass is 19.1. The number of benzene rings is 2. The maximum Gasteiger partial charge on any atom is 0.261 e. The van der Waals surface area contributed by atoms with Crippen LogP contribution in [0.2, 0.25) is 0 Å². The molecule has 0 saturated carbocycles. The number of ether oxygens (including phenoxy) is 2. The highest BCUT2D eigenvalue weighted by molar-refractivity contribution is 5.87. The minimum atomic E-state index is -0.714. The first-order valence-electron chi connectivity index (χ1n) is 8.47. The van der Waals surface area contributed by atoms with E-state index in [9.17, 15) is 14.0 Å². The van der Waals surface area contributed by atoms with Gasteiger partial charge in [-0.05, 0) is 36.8 Å². The zero-order valence-electron chi connectivity index (χ0n) is 15.6. The molecule has 0 aliphatic rings. The zero-order valence-corrected chi connectivity index (χ0v) is 15.6. The molecule has 1 N–H and O–H groups in total. The van der Waals surface area contributed by atoms with Gasteiger partial charge in [0.25, 0.3) is 5.91 Å². The summed E-state index contributed by atoms with van der Waals surface area (Å²) >= 11 is 0. The maximum absolute atomic E-state index is 13.1. The van der Waals surface area contributed by atoms with Crippen molar-refractivity contribution in [3.63, 3.8) is 0 Å². The number of methoxy groups -OCH3 is 1. The van der Waals surface area contributed by atoms with Crippen molar-refractivity contribution in [2.24, 2.45) is 0 Å². The molecule has 7 heteroatoms. The molecular weight excluding hydrogens is 351 g/mol. The zero-order chi connectivity index (χ0) is 19.8.